The lowest BCUT2D eigenvalue weighted by Crippen LogP contribution is -2.37. The molecule has 168 valence electrons. The van der Waals surface area contributed by atoms with Gasteiger partial charge >= 0.3 is 0 Å². The van der Waals surface area contributed by atoms with E-state index in [4.69, 9.17) is 21.1 Å². The maximum absolute atomic E-state index is 13.2. The fourth-order valence-corrected chi connectivity index (χ4v) is 4.86. The van der Waals surface area contributed by atoms with E-state index >= 15 is 0 Å². The third-order valence-corrected chi connectivity index (χ3v) is 6.41. The smallest absolute Gasteiger partial charge is 0.295 e. The van der Waals surface area contributed by atoms with Gasteiger partial charge in [-0.05, 0) is 36.6 Å². The highest BCUT2D eigenvalue weighted by atomic mass is 35.5. The monoisotopic (exact) mass is 457 g/mol. The number of hydrogen-bond acceptors (Lipinski definition) is 6. The second-order valence-corrected chi connectivity index (χ2v) is 8.33. The lowest BCUT2D eigenvalue weighted by atomic mass is 9.94. The Labute approximate surface area is 190 Å². The van der Waals surface area contributed by atoms with Crippen LogP contribution in [-0.2, 0) is 9.59 Å². The predicted octanol–water partition coefficient (Wildman–Crippen LogP) is 4.43. The molecule has 1 atom stereocenters. The first kappa shape index (κ1) is 22.0. The molecular weight excluding hydrogens is 434 g/mol. The van der Waals surface area contributed by atoms with Crippen LogP contribution in [0.1, 0.15) is 42.9 Å². The number of ketones is 1. The number of Topliss-reactive ketones (excluding diaryl/α,β-unsaturated/α-hetero) is 1. The van der Waals surface area contributed by atoms with Gasteiger partial charge in [0.2, 0.25) is 0 Å². The van der Waals surface area contributed by atoms with Crippen molar-refractivity contribution >= 4 is 29.1 Å². The first-order valence-electron chi connectivity index (χ1n) is 10.4. The maximum Gasteiger partial charge on any atom is 0.295 e. The molecule has 2 fully saturated rings. The number of phenols is 1. The summed E-state index contributed by atoms with van der Waals surface area (Å²) in [7, 11) is 2.87. The molecule has 0 radical (unpaired) electrons. The molecule has 7 nitrogen and oxygen atoms in total. The molecule has 8 heteroatoms. The van der Waals surface area contributed by atoms with Crippen molar-refractivity contribution < 1.29 is 29.3 Å². The summed E-state index contributed by atoms with van der Waals surface area (Å²) in [6, 6.07) is 8.38. The quantitative estimate of drug-likeness (QED) is 0.392. The van der Waals surface area contributed by atoms with Crippen LogP contribution in [0.25, 0.3) is 5.76 Å². The number of aliphatic hydroxyl groups excluding tert-OH is 1. The van der Waals surface area contributed by atoms with Gasteiger partial charge in [0, 0.05) is 12.1 Å². The number of likely N-dealkylation sites (tertiary alicyclic amines) is 1. The molecule has 32 heavy (non-hydrogen) atoms. The van der Waals surface area contributed by atoms with E-state index in [1.807, 2.05) is 0 Å². The summed E-state index contributed by atoms with van der Waals surface area (Å²) in [5, 5.41) is 21.6. The second kappa shape index (κ2) is 8.74. The summed E-state index contributed by atoms with van der Waals surface area (Å²) in [6.07, 6.45) is 3.48. The van der Waals surface area contributed by atoms with E-state index in [2.05, 4.69) is 0 Å². The molecule has 1 saturated heterocycles. The van der Waals surface area contributed by atoms with Crippen LogP contribution < -0.4 is 9.47 Å². The van der Waals surface area contributed by atoms with Crippen molar-refractivity contribution in [2.45, 2.75) is 37.8 Å². The first-order valence-corrected chi connectivity index (χ1v) is 10.8. The van der Waals surface area contributed by atoms with Crippen LogP contribution in [-0.4, -0.2) is 47.1 Å². The summed E-state index contributed by atoms with van der Waals surface area (Å²) in [4.78, 5) is 27.9. The maximum atomic E-state index is 13.2. The largest absolute Gasteiger partial charge is 0.508 e. The zero-order valence-electron chi connectivity index (χ0n) is 17.8. The molecule has 2 aromatic carbocycles. The van der Waals surface area contributed by atoms with Gasteiger partial charge in [-0.3, -0.25) is 9.59 Å². The molecule has 0 spiro atoms. The fourth-order valence-electron chi connectivity index (χ4n) is 4.62. The number of rotatable bonds is 5. The Bertz CT molecular complexity index is 1110. The molecule has 1 heterocycles. The zero-order valence-corrected chi connectivity index (χ0v) is 18.6. The van der Waals surface area contributed by atoms with E-state index in [0.29, 0.717) is 11.3 Å². The standard InChI is InChI=1S/C24H24ClNO6/c1-31-18-12-19(32-2)17(25)11-16(18)22(28)20-21(13-6-5-9-15(27)10-13)26(24(30)23(20)29)14-7-3-4-8-14/h5-6,9-12,14,21,27-28H,3-4,7-8H2,1-2H3/b22-20+. The number of carbonyl (C=O) groups excluding carboxylic acids is 2. The molecule has 2 N–H and O–H groups in total. The van der Waals surface area contributed by atoms with Crippen LogP contribution >= 0.6 is 11.6 Å². The van der Waals surface area contributed by atoms with Gasteiger partial charge in [-0.25, -0.2) is 0 Å². The van der Waals surface area contributed by atoms with Crippen LogP contribution in [0.5, 0.6) is 17.2 Å². The highest BCUT2D eigenvalue weighted by Crippen LogP contribution is 2.45. The molecule has 1 saturated carbocycles. The van der Waals surface area contributed by atoms with Gasteiger partial charge in [-0.2, -0.15) is 0 Å². The molecule has 1 unspecified atom stereocenters. The molecule has 1 aliphatic heterocycles. The number of aromatic hydroxyl groups is 1. The van der Waals surface area contributed by atoms with Gasteiger partial charge in [-0.1, -0.05) is 36.6 Å². The third-order valence-electron chi connectivity index (χ3n) is 6.11. The van der Waals surface area contributed by atoms with Gasteiger partial charge < -0.3 is 24.6 Å². The number of hydrogen-bond donors (Lipinski definition) is 2. The number of carbonyl (C=O) groups is 2. The lowest BCUT2D eigenvalue weighted by molar-refractivity contribution is -0.141. The van der Waals surface area contributed by atoms with Crippen molar-refractivity contribution in [1.82, 2.24) is 4.90 Å². The summed E-state index contributed by atoms with van der Waals surface area (Å²) in [6.45, 7) is 0. The predicted molar refractivity (Wildman–Crippen MR) is 119 cm³/mol. The van der Waals surface area contributed by atoms with Crippen molar-refractivity contribution in [2.75, 3.05) is 14.2 Å². The van der Waals surface area contributed by atoms with Gasteiger partial charge in [0.05, 0.1) is 36.4 Å². The Morgan fingerprint density at radius 3 is 2.38 bits per heavy atom. The van der Waals surface area contributed by atoms with E-state index in [9.17, 15) is 19.8 Å². The van der Waals surface area contributed by atoms with Crippen molar-refractivity contribution in [3.05, 3.63) is 58.1 Å². The van der Waals surface area contributed by atoms with Crippen molar-refractivity contribution in [2.24, 2.45) is 0 Å². The summed E-state index contributed by atoms with van der Waals surface area (Å²) >= 11 is 6.27. The van der Waals surface area contributed by atoms with Crippen LogP contribution in [0.4, 0.5) is 0 Å². The van der Waals surface area contributed by atoms with E-state index in [1.165, 1.54) is 38.5 Å². The number of amides is 1. The highest BCUT2D eigenvalue weighted by molar-refractivity contribution is 6.46. The molecule has 0 aromatic heterocycles. The van der Waals surface area contributed by atoms with Crippen LogP contribution in [0.2, 0.25) is 5.02 Å². The SMILES string of the molecule is COc1cc(OC)c(/C(O)=C2\C(=O)C(=O)N(C3CCCC3)C2c2cccc(O)c2)cc1Cl. The summed E-state index contributed by atoms with van der Waals surface area (Å²) in [5.41, 5.74) is 0.649. The second-order valence-electron chi connectivity index (χ2n) is 7.93. The first-order chi connectivity index (χ1) is 15.4. The molecule has 0 bridgehead atoms. The number of ether oxygens (including phenoxy) is 2. The number of halogens is 1. The Balaban J connectivity index is 1.94. The molecule has 4 rings (SSSR count). The topological polar surface area (TPSA) is 96.3 Å². The molecule has 2 aromatic rings. The summed E-state index contributed by atoms with van der Waals surface area (Å²) < 4.78 is 10.6. The van der Waals surface area contributed by atoms with E-state index in [0.717, 1.165) is 25.7 Å². The van der Waals surface area contributed by atoms with Gasteiger partial charge in [0.15, 0.2) is 0 Å². The van der Waals surface area contributed by atoms with Gasteiger partial charge in [0.25, 0.3) is 11.7 Å². The Morgan fingerprint density at radius 2 is 1.75 bits per heavy atom. The molecule has 1 amide bonds. The lowest BCUT2D eigenvalue weighted by Gasteiger charge is -2.30. The number of benzene rings is 2. The van der Waals surface area contributed by atoms with Crippen molar-refractivity contribution in [1.29, 1.82) is 0 Å². The van der Waals surface area contributed by atoms with Crippen molar-refractivity contribution in [3.8, 4) is 17.2 Å². The number of nitrogens with zero attached hydrogens (tertiary/aromatic N) is 1. The minimum atomic E-state index is -0.837. The van der Waals surface area contributed by atoms with Gasteiger partial charge in [-0.15, -0.1) is 0 Å². The zero-order chi connectivity index (χ0) is 23.0. The number of phenolic OH excluding ortho intramolecular Hbond substituents is 1. The Morgan fingerprint density at radius 1 is 1.06 bits per heavy atom. The van der Waals surface area contributed by atoms with Crippen LogP contribution in [0.15, 0.2) is 42.0 Å². The van der Waals surface area contributed by atoms with Gasteiger partial charge in [0.1, 0.15) is 23.0 Å². The molecular formula is C24H24ClNO6. The minimum Gasteiger partial charge on any atom is -0.508 e. The normalized spacial score (nSPS) is 20.7. The van der Waals surface area contributed by atoms with Crippen LogP contribution in [0.3, 0.4) is 0 Å². The average Bonchev–Trinajstić information content (AvgIpc) is 3.40. The minimum absolute atomic E-state index is 0.00424. The summed E-state index contributed by atoms with van der Waals surface area (Å²) in [5.74, 6) is -1.24. The fraction of sp³-hybridized carbons (Fsp3) is 0.333. The molecule has 2 aliphatic rings. The Kier molecular flexibility index (Phi) is 6.02. The average molecular weight is 458 g/mol. The Hall–Kier alpha value is -3.19. The molecule has 1 aliphatic carbocycles. The van der Waals surface area contributed by atoms with E-state index in [-0.39, 0.29) is 33.7 Å². The number of aliphatic hydroxyl groups is 1. The third kappa shape index (κ3) is 3.66. The highest BCUT2D eigenvalue weighted by Gasteiger charge is 2.49. The number of methoxy groups -OCH3 is 2. The van der Waals surface area contributed by atoms with E-state index < -0.39 is 23.5 Å². The van der Waals surface area contributed by atoms with Crippen molar-refractivity contribution in [3.63, 3.8) is 0 Å². The van der Waals surface area contributed by atoms with E-state index in [1.54, 1.807) is 17.0 Å². The van der Waals surface area contributed by atoms with Crippen LogP contribution in [0, 0.1) is 0 Å².